The predicted octanol–water partition coefficient (Wildman–Crippen LogP) is 3.35. The number of carbonyl (C=O) groups excluding carboxylic acids is 2. The normalized spacial score (nSPS) is 24.5. The smallest absolute Gasteiger partial charge is 0.270 e. The number of pyridine rings is 1. The van der Waals surface area contributed by atoms with E-state index < -0.39 is 5.41 Å². The molecule has 1 N–H and O–H groups in total. The summed E-state index contributed by atoms with van der Waals surface area (Å²) in [6.45, 7) is 4.66. The maximum absolute atomic E-state index is 12.8. The Bertz CT molecular complexity index is 1460. The van der Waals surface area contributed by atoms with Gasteiger partial charge in [-0.05, 0) is 62.5 Å². The summed E-state index contributed by atoms with van der Waals surface area (Å²) in [5.74, 6) is 0.648. The molecule has 1 saturated carbocycles. The highest BCUT2D eigenvalue weighted by Crippen LogP contribution is 2.47. The molecule has 1 amide bonds. The molecular weight excluding hydrogens is 494 g/mol. The van der Waals surface area contributed by atoms with Gasteiger partial charge in [0.15, 0.2) is 5.65 Å². The molecule has 10 heteroatoms. The number of carbonyl (C=O) groups is 2. The van der Waals surface area contributed by atoms with Gasteiger partial charge in [-0.1, -0.05) is 18.5 Å². The van der Waals surface area contributed by atoms with E-state index in [-0.39, 0.29) is 22.9 Å². The molecular formula is C27H28ClN5O4. The number of amides is 1. The van der Waals surface area contributed by atoms with Gasteiger partial charge in [-0.15, -0.1) is 0 Å². The van der Waals surface area contributed by atoms with Crippen molar-refractivity contribution in [2.45, 2.75) is 44.1 Å². The average Bonchev–Trinajstić information content (AvgIpc) is 3.14. The van der Waals surface area contributed by atoms with Crippen molar-refractivity contribution < 1.29 is 14.3 Å². The van der Waals surface area contributed by atoms with Crippen molar-refractivity contribution >= 4 is 40.6 Å². The zero-order valence-electron chi connectivity index (χ0n) is 20.6. The molecule has 192 valence electrons. The predicted molar refractivity (Wildman–Crippen MR) is 139 cm³/mol. The van der Waals surface area contributed by atoms with Crippen LogP contribution in [-0.2, 0) is 15.0 Å². The van der Waals surface area contributed by atoms with E-state index in [4.69, 9.17) is 16.3 Å². The first-order chi connectivity index (χ1) is 17.8. The van der Waals surface area contributed by atoms with Gasteiger partial charge >= 0.3 is 0 Å². The molecule has 1 aromatic carbocycles. The molecule has 2 aromatic heterocycles. The zero-order valence-corrected chi connectivity index (χ0v) is 21.3. The number of halogens is 1. The van der Waals surface area contributed by atoms with Gasteiger partial charge in [0.25, 0.3) is 5.56 Å². The number of hydrogen-bond acceptors (Lipinski definition) is 7. The maximum Gasteiger partial charge on any atom is 0.270 e. The Labute approximate surface area is 218 Å². The van der Waals surface area contributed by atoms with Gasteiger partial charge in [0.1, 0.15) is 24.2 Å². The molecule has 1 aliphatic carbocycles. The third-order valence-electron chi connectivity index (χ3n) is 8.22. The number of anilines is 1. The van der Waals surface area contributed by atoms with Crippen LogP contribution in [0, 0.1) is 5.41 Å². The van der Waals surface area contributed by atoms with E-state index in [1.807, 2.05) is 19.1 Å². The van der Waals surface area contributed by atoms with E-state index in [0.29, 0.717) is 41.4 Å². The fourth-order valence-electron chi connectivity index (χ4n) is 6.06. The number of nitrogens with zero attached hydrogens (tertiary/aromatic N) is 4. The topological polar surface area (TPSA) is 106 Å². The lowest BCUT2D eigenvalue weighted by Gasteiger charge is -2.41. The van der Waals surface area contributed by atoms with Crippen molar-refractivity contribution in [1.29, 1.82) is 0 Å². The van der Waals surface area contributed by atoms with E-state index in [2.05, 4.69) is 20.2 Å². The molecule has 0 radical (unpaired) electrons. The first kappa shape index (κ1) is 24.1. The third-order valence-corrected chi connectivity index (χ3v) is 8.46. The summed E-state index contributed by atoms with van der Waals surface area (Å²) in [5.41, 5.74) is 1.86. The number of fused-ring (bicyclic) bond motifs is 3. The number of hydrogen-bond donors (Lipinski definition) is 1. The summed E-state index contributed by atoms with van der Waals surface area (Å²) in [4.78, 5) is 47.7. The number of rotatable bonds is 6. The number of aldehydes is 1. The Morgan fingerprint density at radius 1 is 1.16 bits per heavy atom. The highest BCUT2D eigenvalue weighted by molar-refractivity contribution is 6.31. The highest BCUT2D eigenvalue weighted by Gasteiger charge is 2.48. The van der Waals surface area contributed by atoms with Gasteiger partial charge in [0.05, 0.1) is 17.8 Å². The Kier molecular flexibility index (Phi) is 5.80. The molecule has 4 heterocycles. The lowest BCUT2D eigenvalue weighted by atomic mass is 9.68. The standard InChI is InChI=1S/C27H28ClN5O4/c1-26(16-34)12-18(13-26)33-23(35)15-29-22-11-19(14-30-24(22)33)37-9-8-32-6-4-27(5-7-32)20-10-17(28)2-3-21(20)31-25(27)36/h2-3,10-11,14-16,18H,4-9,12-13H2,1H3,(H,31,36)/t18-,26+. The van der Waals surface area contributed by atoms with E-state index in [1.54, 1.807) is 22.9 Å². The summed E-state index contributed by atoms with van der Waals surface area (Å²) in [6.07, 6.45) is 6.59. The molecule has 3 aliphatic rings. The highest BCUT2D eigenvalue weighted by atomic mass is 35.5. The van der Waals surface area contributed by atoms with Gasteiger partial charge in [0, 0.05) is 34.8 Å². The van der Waals surface area contributed by atoms with Crippen LogP contribution in [0.2, 0.25) is 5.02 Å². The first-order valence-electron chi connectivity index (χ1n) is 12.6. The fraction of sp³-hybridized carbons (Fsp3) is 0.444. The van der Waals surface area contributed by atoms with Crippen LogP contribution in [0.3, 0.4) is 0 Å². The van der Waals surface area contributed by atoms with Gasteiger partial charge in [-0.3, -0.25) is 19.1 Å². The molecule has 3 aromatic rings. The molecule has 6 rings (SSSR count). The van der Waals surface area contributed by atoms with Crippen molar-refractivity contribution in [2.75, 3.05) is 31.6 Å². The Morgan fingerprint density at radius 3 is 2.70 bits per heavy atom. The lowest BCUT2D eigenvalue weighted by Crippen LogP contribution is -2.47. The van der Waals surface area contributed by atoms with E-state index in [1.165, 1.54) is 6.20 Å². The van der Waals surface area contributed by atoms with Crippen LogP contribution in [0.25, 0.3) is 11.2 Å². The zero-order chi connectivity index (χ0) is 25.8. The third kappa shape index (κ3) is 4.10. The van der Waals surface area contributed by atoms with Gasteiger partial charge in [-0.2, -0.15) is 0 Å². The summed E-state index contributed by atoms with van der Waals surface area (Å²) < 4.78 is 7.62. The minimum Gasteiger partial charge on any atom is -0.491 e. The number of benzene rings is 1. The number of piperidine rings is 1. The Hall–Kier alpha value is -3.30. The van der Waals surface area contributed by atoms with E-state index in [9.17, 15) is 14.4 Å². The van der Waals surface area contributed by atoms with Crippen LogP contribution in [0.5, 0.6) is 5.75 Å². The monoisotopic (exact) mass is 521 g/mol. The van der Waals surface area contributed by atoms with Gasteiger partial charge in [0.2, 0.25) is 5.91 Å². The molecule has 0 bridgehead atoms. The van der Waals surface area contributed by atoms with Crippen molar-refractivity contribution in [2.24, 2.45) is 5.41 Å². The SMILES string of the molecule is C[C@]1(C=O)C[C@@H](n2c(=O)cnc3cc(OCCN4CCC5(CC4)C(=O)Nc4ccc(Cl)cc45)cnc32)C1. The van der Waals surface area contributed by atoms with Crippen LogP contribution >= 0.6 is 11.6 Å². The van der Waals surface area contributed by atoms with Crippen LogP contribution in [-0.4, -0.2) is 57.9 Å². The van der Waals surface area contributed by atoms with Crippen molar-refractivity contribution in [3.8, 4) is 5.75 Å². The Balaban J connectivity index is 1.08. The van der Waals surface area contributed by atoms with Crippen LogP contribution in [0.4, 0.5) is 5.69 Å². The second-order valence-electron chi connectivity index (χ2n) is 10.7. The maximum atomic E-state index is 12.8. The summed E-state index contributed by atoms with van der Waals surface area (Å²) in [6, 6.07) is 7.34. The van der Waals surface area contributed by atoms with E-state index in [0.717, 1.165) is 50.0 Å². The summed E-state index contributed by atoms with van der Waals surface area (Å²) in [7, 11) is 0. The number of ether oxygens (including phenoxy) is 1. The minimum absolute atomic E-state index is 0.0557. The molecule has 2 fully saturated rings. The second-order valence-corrected chi connectivity index (χ2v) is 11.2. The molecule has 37 heavy (non-hydrogen) atoms. The summed E-state index contributed by atoms with van der Waals surface area (Å²) in [5, 5.41) is 3.66. The molecule has 2 aliphatic heterocycles. The Morgan fingerprint density at radius 2 is 1.95 bits per heavy atom. The van der Waals surface area contributed by atoms with Gasteiger partial charge in [-0.25, -0.2) is 9.97 Å². The molecule has 0 unspecified atom stereocenters. The van der Waals surface area contributed by atoms with Crippen LogP contribution in [0.15, 0.2) is 41.5 Å². The molecule has 0 atom stereocenters. The number of nitrogens with one attached hydrogen (secondary N) is 1. The number of likely N-dealkylation sites (tertiary alicyclic amines) is 1. The quantitative estimate of drug-likeness (QED) is 0.496. The molecule has 1 spiro atoms. The molecule has 1 saturated heterocycles. The first-order valence-corrected chi connectivity index (χ1v) is 13.0. The van der Waals surface area contributed by atoms with Crippen LogP contribution in [0.1, 0.15) is 44.2 Å². The van der Waals surface area contributed by atoms with Crippen LogP contribution < -0.4 is 15.6 Å². The number of aromatic nitrogens is 3. The average molecular weight is 522 g/mol. The van der Waals surface area contributed by atoms with Crippen molar-refractivity contribution in [3.05, 3.63) is 57.6 Å². The second kappa shape index (κ2) is 8.92. The van der Waals surface area contributed by atoms with E-state index >= 15 is 0 Å². The lowest BCUT2D eigenvalue weighted by molar-refractivity contribution is -0.122. The minimum atomic E-state index is -0.509. The fourth-order valence-corrected chi connectivity index (χ4v) is 6.23. The molecule has 9 nitrogen and oxygen atoms in total. The summed E-state index contributed by atoms with van der Waals surface area (Å²) >= 11 is 6.22. The largest absolute Gasteiger partial charge is 0.491 e. The van der Waals surface area contributed by atoms with Gasteiger partial charge < -0.3 is 14.8 Å². The van der Waals surface area contributed by atoms with Crippen molar-refractivity contribution in [1.82, 2.24) is 19.4 Å². The van der Waals surface area contributed by atoms with Crippen molar-refractivity contribution in [3.63, 3.8) is 0 Å².